The second kappa shape index (κ2) is 5.02. The summed E-state index contributed by atoms with van der Waals surface area (Å²) in [5.74, 6) is 2.58. The third-order valence-electron chi connectivity index (χ3n) is 3.73. The molecule has 0 spiro atoms. The van der Waals surface area contributed by atoms with E-state index in [2.05, 4.69) is 48.1 Å². The monoisotopic (exact) mass is 237 g/mol. The third kappa shape index (κ3) is 2.58. The first kappa shape index (κ1) is 12.3. The minimum Gasteiger partial charge on any atom is -0.340 e. The number of piperidine rings is 1. The highest BCUT2D eigenvalue weighted by atomic mass is 15.6. The van der Waals surface area contributed by atoms with E-state index in [1.165, 1.54) is 12.8 Å². The molecule has 2 heterocycles. The summed E-state index contributed by atoms with van der Waals surface area (Å²) in [6.07, 6.45) is 2.51. The molecule has 0 atom stereocenters. The minimum atomic E-state index is 0.322. The van der Waals surface area contributed by atoms with E-state index in [0.29, 0.717) is 6.04 Å². The van der Waals surface area contributed by atoms with Gasteiger partial charge in [-0.05, 0) is 49.0 Å². The van der Waals surface area contributed by atoms with Crippen LogP contribution < -0.4 is 4.90 Å². The molecule has 0 saturated carbocycles. The van der Waals surface area contributed by atoms with E-state index in [1.54, 1.807) is 0 Å². The largest absolute Gasteiger partial charge is 0.340 e. The van der Waals surface area contributed by atoms with Crippen molar-refractivity contribution in [3.8, 4) is 0 Å². The van der Waals surface area contributed by atoms with E-state index < -0.39 is 0 Å². The Morgan fingerprint density at radius 1 is 1.12 bits per heavy atom. The van der Waals surface area contributed by atoms with E-state index in [9.17, 15) is 0 Å². The quantitative estimate of drug-likeness (QED) is 0.808. The number of nitrogens with zero attached hydrogens (tertiary/aromatic N) is 5. The molecule has 1 fully saturated rings. The topological polar surface area (TPSA) is 46.8 Å². The van der Waals surface area contributed by atoms with Crippen LogP contribution in [0.25, 0.3) is 0 Å². The van der Waals surface area contributed by atoms with Crippen LogP contribution in [0.1, 0.15) is 46.6 Å². The van der Waals surface area contributed by atoms with Gasteiger partial charge in [-0.3, -0.25) is 0 Å². The van der Waals surface area contributed by atoms with Crippen molar-refractivity contribution in [3.63, 3.8) is 0 Å². The first-order valence-electron chi connectivity index (χ1n) is 6.62. The van der Waals surface area contributed by atoms with Gasteiger partial charge in [-0.1, -0.05) is 18.9 Å². The zero-order valence-corrected chi connectivity index (χ0v) is 11.3. The lowest BCUT2D eigenvalue weighted by Crippen LogP contribution is -2.37. The highest BCUT2D eigenvalue weighted by molar-refractivity contribution is 5.29. The summed E-state index contributed by atoms with van der Waals surface area (Å²) in [5.41, 5.74) is 0. The summed E-state index contributed by atoms with van der Waals surface area (Å²) in [7, 11) is 0. The number of hydrogen-bond donors (Lipinski definition) is 0. The van der Waals surface area contributed by atoms with E-state index in [0.717, 1.165) is 30.9 Å². The predicted octanol–water partition coefficient (Wildman–Crippen LogP) is 2.13. The molecular weight excluding hydrogens is 214 g/mol. The van der Waals surface area contributed by atoms with Gasteiger partial charge in [-0.15, -0.1) is 0 Å². The maximum atomic E-state index is 4.16. The number of anilines is 1. The SMILES string of the molecule is CC(C)C1CCN(c2nnnn2C(C)C)CC1. The fourth-order valence-corrected chi connectivity index (χ4v) is 2.50. The Morgan fingerprint density at radius 3 is 2.29 bits per heavy atom. The van der Waals surface area contributed by atoms with Crippen LogP contribution in [0.15, 0.2) is 0 Å². The van der Waals surface area contributed by atoms with Gasteiger partial charge in [0.2, 0.25) is 5.95 Å². The molecule has 0 bridgehead atoms. The third-order valence-corrected chi connectivity index (χ3v) is 3.73. The lowest BCUT2D eigenvalue weighted by molar-refractivity contribution is 0.307. The summed E-state index contributed by atoms with van der Waals surface area (Å²) in [6, 6.07) is 0.322. The van der Waals surface area contributed by atoms with Crippen molar-refractivity contribution in [2.24, 2.45) is 11.8 Å². The van der Waals surface area contributed by atoms with Crippen LogP contribution in [0, 0.1) is 11.8 Å². The van der Waals surface area contributed by atoms with Crippen LogP contribution in [0.3, 0.4) is 0 Å². The molecule has 5 nitrogen and oxygen atoms in total. The molecule has 1 aromatic heterocycles. The van der Waals surface area contributed by atoms with Crippen molar-refractivity contribution in [2.45, 2.75) is 46.6 Å². The summed E-state index contributed by atoms with van der Waals surface area (Å²) in [6.45, 7) is 11.0. The summed E-state index contributed by atoms with van der Waals surface area (Å²) in [5, 5.41) is 12.0. The standard InChI is InChI=1S/C12H23N5/c1-9(2)11-5-7-16(8-6-11)12-13-14-15-17(12)10(3)4/h9-11H,5-8H2,1-4H3. The van der Waals surface area contributed by atoms with Crippen LogP contribution in [0.4, 0.5) is 5.95 Å². The molecule has 0 N–H and O–H groups in total. The Hall–Kier alpha value is -1.13. The molecule has 0 aromatic carbocycles. The molecular formula is C12H23N5. The van der Waals surface area contributed by atoms with Crippen LogP contribution in [-0.2, 0) is 0 Å². The van der Waals surface area contributed by atoms with E-state index in [-0.39, 0.29) is 0 Å². The van der Waals surface area contributed by atoms with Crippen molar-refractivity contribution < 1.29 is 0 Å². The van der Waals surface area contributed by atoms with E-state index >= 15 is 0 Å². The summed E-state index contributed by atoms with van der Waals surface area (Å²) >= 11 is 0. The number of aromatic nitrogens is 4. The highest BCUT2D eigenvalue weighted by Crippen LogP contribution is 2.27. The van der Waals surface area contributed by atoms with Crippen LogP contribution >= 0.6 is 0 Å². The molecule has 0 unspecified atom stereocenters. The van der Waals surface area contributed by atoms with Crippen LogP contribution in [-0.4, -0.2) is 33.3 Å². The molecule has 2 rings (SSSR count). The number of rotatable bonds is 3. The Kier molecular flexibility index (Phi) is 3.64. The van der Waals surface area contributed by atoms with Gasteiger partial charge in [0.25, 0.3) is 0 Å². The predicted molar refractivity (Wildman–Crippen MR) is 68.0 cm³/mol. The zero-order chi connectivity index (χ0) is 12.4. The van der Waals surface area contributed by atoms with Crippen molar-refractivity contribution >= 4 is 5.95 Å². The maximum Gasteiger partial charge on any atom is 0.245 e. The first-order chi connectivity index (χ1) is 8.09. The van der Waals surface area contributed by atoms with Crippen molar-refractivity contribution in [1.29, 1.82) is 0 Å². The average Bonchev–Trinajstić information content (AvgIpc) is 2.78. The van der Waals surface area contributed by atoms with Gasteiger partial charge in [0.05, 0.1) is 6.04 Å². The Bertz CT molecular complexity index is 350. The molecule has 1 aliphatic rings. The lowest BCUT2D eigenvalue weighted by atomic mass is 9.87. The molecule has 0 aliphatic carbocycles. The Labute approximate surface area is 103 Å². The van der Waals surface area contributed by atoms with Crippen LogP contribution in [0.2, 0.25) is 0 Å². The van der Waals surface area contributed by atoms with Gasteiger partial charge < -0.3 is 4.90 Å². The van der Waals surface area contributed by atoms with Gasteiger partial charge >= 0.3 is 0 Å². The molecule has 0 amide bonds. The van der Waals surface area contributed by atoms with Crippen molar-refractivity contribution in [1.82, 2.24) is 20.2 Å². The lowest BCUT2D eigenvalue weighted by Gasteiger charge is -2.34. The van der Waals surface area contributed by atoms with E-state index in [4.69, 9.17) is 0 Å². The number of hydrogen-bond acceptors (Lipinski definition) is 4. The van der Waals surface area contributed by atoms with E-state index in [1.807, 2.05) is 4.68 Å². The fraction of sp³-hybridized carbons (Fsp3) is 0.917. The van der Waals surface area contributed by atoms with Gasteiger partial charge in [0, 0.05) is 13.1 Å². The highest BCUT2D eigenvalue weighted by Gasteiger charge is 2.25. The van der Waals surface area contributed by atoms with Crippen molar-refractivity contribution in [2.75, 3.05) is 18.0 Å². The Balaban J connectivity index is 2.03. The molecule has 96 valence electrons. The molecule has 1 aromatic rings. The second-order valence-corrected chi connectivity index (χ2v) is 5.59. The zero-order valence-electron chi connectivity index (χ0n) is 11.3. The number of tetrazole rings is 1. The average molecular weight is 237 g/mol. The summed E-state index contributed by atoms with van der Waals surface area (Å²) in [4.78, 5) is 2.32. The maximum absolute atomic E-state index is 4.16. The fourth-order valence-electron chi connectivity index (χ4n) is 2.50. The summed E-state index contributed by atoms with van der Waals surface area (Å²) < 4.78 is 1.91. The van der Waals surface area contributed by atoms with Gasteiger partial charge in [0.1, 0.15) is 0 Å². The Morgan fingerprint density at radius 2 is 1.76 bits per heavy atom. The van der Waals surface area contributed by atoms with Gasteiger partial charge in [-0.2, -0.15) is 0 Å². The molecule has 5 heteroatoms. The molecule has 17 heavy (non-hydrogen) atoms. The first-order valence-corrected chi connectivity index (χ1v) is 6.62. The van der Waals surface area contributed by atoms with Crippen molar-refractivity contribution in [3.05, 3.63) is 0 Å². The normalized spacial score (nSPS) is 18.4. The minimum absolute atomic E-state index is 0.322. The molecule has 1 saturated heterocycles. The smallest absolute Gasteiger partial charge is 0.245 e. The molecule has 0 radical (unpaired) electrons. The van der Waals surface area contributed by atoms with Gasteiger partial charge in [0.15, 0.2) is 0 Å². The van der Waals surface area contributed by atoms with Gasteiger partial charge in [-0.25, -0.2) is 4.68 Å². The molecule has 1 aliphatic heterocycles. The van der Waals surface area contributed by atoms with Crippen LogP contribution in [0.5, 0.6) is 0 Å². The second-order valence-electron chi connectivity index (χ2n) is 5.59.